The minimum Gasteiger partial charge on any atom is -0.368 e. The summed E-state index contributed by atoms with van der Waals surface area (Å²) < 4.78 is 0. The molecular weight excluding hydrogens is 318 g/mol. The van der Waals surface area contributed by atoms with Crippen molar-refractivity contribution in [1.82, 2.24) is 10.6 Å². The highest BCUT2D eigenvalue weighted by atomic mass is 35.5. The van der Waals surface area contributed by atoms with Crippen LogP contribution < -0.4 is 16.4 Å². The summed E-state index contributed by atoms with van der Waals surface area (Å²) in [6.07, 6.45) is 0.229. The van der Waals surface area contributed by atoms with Gasteiger partial charge in [-0.15, -0.1) is 0 Å². The van der Waals surface area contributed by atoms with Gasteiger partial charge in [0.1, 0.15) is 12.1 Å². The minimum atomic E-state index is -0.879. The number of nitrogens with two attached hydrogens (primary N) is 1. The largest absolute Gasteiger partial charge is 0.368 e. The highest BCUT2D eigenvalue weighted by molar-refractivity contribution is 6.30. The average molecular weight is 340 g/mol. The van der Waals surface area contributed by atoms with Crippen molar-refractivity contribution in [2.75, 3.05) is 0 Å². The van der Waals surface area contributed by atoms with Crippen LogP contribution in [-0.2, 0) is 20.8 Å². The van der Waals surface area contributed by atoms with Crippen LogP contribution >= 0.6 is 11.6 Å². The first kappa shape index (κ1) is 19.0. The SMILES string of the molecule is CC(=O)N[C@@H](C(=O)N[C@@H](Cc1cccc(Cl)c1)C(N)=O)C(C)C. The van der Waals surface area contributed by atoms with Crippen LogP contribution in [0.3, 0.4) is 0 Å². The van der Waals surface area contributed by atoms with Crippen LogP contribution in [0.25, 0.3) is 0 Å². The molecule has 0 bridgehead atoms. The van der Waals surface area contributed by atoms with Crippen molar-refractivity contribution in [1.29, 1.82) is 0 Å². The van der Waals surface area contributed by atoms with Gasteiger partial charge in [-0.2, -0.15) is 0 Å². The van der Waals surface area contributed by atoms with E-state index in [1.54, 1.807) is 38.1 Å². The molecule has 23 heavy (non-hydrogen) atoms. The van der Waals surface area contributed by atoms with Crippen LogP contribution in [0.4, 0.5) is 0 Å². The summed E-state index contributed by atoms with van der Waals surface area (Å²) in [7, 11) is 0. The van der Waals surface area contributed by atoms with E-state index in [-0.39, 0.29) is 18.2 Å². The van der Waals surface area contributed by atoms with E-state index in [1.807, 2.05) is 0 Å². The first-order valence-electron chi connectivity index (χ1n) is 7.32. The lowest BCUT2D eigenvalue weighted by molar-refractivity contribution is -0.131. The molecule has 1 rings (SSSR count). The number of nitrogens with one attached hydrogen (secondary N) is 2. The maximum absolute atomic E-state index is 12.3. The van der Waals surface area contributed by atoms with Crippen molar-refractivity contribution in [2.45, 2.75) is 39.3 Å². The van der Waals surface area contributed by atoms with Crippen molar-refractivity contribution < 1.29 is 14.4 Å². The first-order valence-corrected chi connectivity index (χ1v) is 7.69. The van der Waals surface area contributed by atoms with E-state index in [1.165, 1.54) is 6.92 Å². The number of carbonyl (C=O) groups is 3. The number of hydrogen-bond acceptors (Lipinski definition) is 3. The van der Waals surface area contributed by atoms with E-state index in [4.69, 9.17) is 17.3 Å². The molecule has 0 fully saturated rings. The summed E-state index contributed by atoms with van der Waals surface area (Å²) in [4.78, 5) is 35.2. The number of primary amides is 1. The Kier molecular flexibility index (Phi) is 7.03. The fraction of sp³-hybridized carbons (Fsp3) is 0.438. The van der Waals surface area contributed by atoms with Gasteiger partial charge in [0.2, 0.25) is 17.7 Å². The molecule has 126 valence electrons. The molecule has 1 aromatic carbocycles. The Morgan fingerprint density at radius 2 is 1.87 bits per heavy atom. The topological polar surface area (TPSA) is 101 Å². The molecule has 7 heteroatoms. The van der Waals surface area contributed by atoms with Crippen molar-refractivity contribution in [2.24, 2.45) is 11.7 Å². The lowest BCUT2D eigenvalue weighted by atomic mass is 10.0. The molecule has 0 aromatic heterocycles. The first-order chi connectivity index (χ1) is 10.7. The molecule has 0 heterocycles. The molecular formula is C16H22ClN3O3. The van der Waals surface area contributed by atoms with Crippen molar-refractivity contribution >= 4 is 29.3 Å². The number of carbonyl (C=O) groups excluding carboxylic acids is 3. The smallest absolute Gasteiger partial charge is 0.243 e. The van der Waals surface area contributed by atoms with Crippen molar-refractivity contribution in [3.63, 3.8) is 0 Å². The van der Waals surface area contributed by atoms with E-state index in [0.29, 0.717) is 5.02 Å². The van der Waals surface area contributed by atoms with Crippen LogP contribution in [-0.4, -0.2) is 29.8 Å². The Balaban J connectivity index is 2.84. The second kappa shape index (κ2) is 8.53. The van der Waals surface area contributed by atoms with E-state index in [9.17, 15) is 14.4 Å². The summed E-state index contributed by atoms with van der Waals surface area (Å²) in [5.74, 6) is -1.53. The standard InChI is InChI=1S/C16H22ClN3O3/c1-9(2)14(19-10(3)21)16(23)20-13(15(18)22)8-11-5-4-6-12(17)7-11/h4-7,9,13-14H,8H2,1-3H3,(H2,18,22)(H,19,21)(H,20,23)/t13-,14+/m0/s1. The molecule has 0 saturated heterocycles. The maximum atomic E-state index is 12.3. The van der Waals surface area contributed by atoms with Crippen LogP contribution in [0.5, 0.6) is 0 Å². The molecule has 0 unspecified atom stereocenters. The van der Waals surface area contributed by atoms with Gasteiger partial charge in [-0.05, 0) is 23.6 Å². The van der Waals surface area contributed by atoms with Gasteiger partial charge in [-0.1, -0.05) is 37.6 Å². The van der Waals surface area contributed by atoms with E-state index < -0.39 is 23.9 Å². The third-order valence-corrected chi connectivity index (χ3v) is 3.53. The van der Waals surface area contributed by atoms with Gasteiger partial charge in [0.25, 0.3) is 0 Å². The monoisotopic (exact) mass is 339 g/mol. The van der Waals surface area contributed by atoms with Gasteiger partial charge in [0.05, 0.1) is 0 Å². The van der Waals surface area contributed by atoms with Gasteiger partial charge in [0.15, 0.2) is 0 Å². The second-order valence-corrected chi connectivity index (χ2v) is 6.16. The number of hydrogen-bond donors (Lipinski definition) is 3. The minimum absolute atomic E-state index is 0.126. The highest BCUT2D eigenvalue weighted by Gasteiger charge is 2.27. The zero-order valence-electron chi connectivity index (χ0n) is 13.4. The van der Waals surface area contributed by atoms with Crippen LogP contribution in [0, 0.1) is 5.92 Å². The van der Waals surface area contributed by atoms with Crippen LogP contribution in [0.15, 0.2) is 24.3 Å². The Labute approximate surface area is 140 Å². The Bertz CT molecular complexity index is 590. The summed E-state index contributed by atoms with van der Waals surface area (Å²) in [6, 6.07) is 5.36. The highest BCUT2D eigenvalue weighted by Crippen LogP contribution is 2.12. The Morgan fingerprint density at radius 3 is 2.35 bits per heavy atom. The number of halogens is 1. The summed E-state index contributed by atoms with van der Waals surface area (Å²) in [5, 5.41) is 5.71. The summed E-state index contributed by atoms with van der Waals surface area (Å²) in [5.41, 5.74) is 6.15. The maximum Gasteiger partial charge on any atom is 0.243 e. The van der Waals surface area contributed by atoms with Gasteiger partial charge in [-0.3, -0.25) is 14.4 Å². The summed E-state index contributed by atoms with van der Waals surface area (Å²) in [6.45, 7) is 4.94. The van der Waals surface area contributed by atoms with Crippen molar-refractivity contribution in [3.8, 4) is 0 Å². The fourth-order valence-electron chi connectivity index (χ4n) is 2.14. The number of benzene rings is 1. The Morgan fingerprint density at radius 1 is 1.22 bits per heavy atom. The Hall–Kier alpha value is -2.08. The summed E-state index contributed by atoms with van der Waals surface area (Å²) >= 11 is 5.91. The van der Waals surface area contributed by atoms with Gasteiger partial charge < -0.3 is 16.4 Å². The molecule has 6 nitrogen and oxygen atoms in total. The quantitative estimate of drug-likeness (QED) is 0.691. The molecule has 0 aliphatic heterocycles. The zero-order chi connectivity index (χ0) is 17.6. The lowest BCUT2D eigenvalue weighted by Crippen LogP contribution is -2.55. The van der Waals surface area contributed by atoms with E-state index in [0.717, 1.165) is 5.56 Å². The molecule has 0 radical (unpaired) electrons. The van der Waals surface area contributed by atoms with Crippen LogP contribution in [0.1, 0.15) is 26.3 Å². The molecule has 0 aliphatic rings. The third kappa shape index (κ3) is 6.28. The fourth-order valence-corrected chi connectivity index (χ4v) is 2.35. The van der Waals surface area contributed by atoms with Crippen molar-refractivity contribution in [3.05, 3.63) is 34.9 Å². The average Bonchev–Trinajstić information content (AvgIpc) is 2.43. The lowest BCUT2D eigenvalue weighted by Gasteiger charge is -2.24. The molecule has 0 aliphatic carbocycles. The second-order valence-electron chi connectivity index (χ2n) is 5.72. The van der Waals surface area contributed by atoms with Gasteiger partial charge >= 0.3 is 0 Å². The number of amides is 3. The molecule has 1 aromatic rings. The van der Waals surface area contributed by atoms with E-state index in [2.05, 4.69) is 10.6 Å². The molecule has 4 N–H and O–H groups in total. The molecule has 0 spiro atoms. The van der Waals surface area contributed by atoms with Gasteiger partial charge in [0, 0.05) is 18.4 Å². The number of rotatable bonds is 7. The molecule has 0 saturated carbocycles. The predicted molar refractivity (Wildman–Crippen MR) is 88.7 cm³/mol. The van der Waals surface area contributed by atoms with Gasteiger partial charge in [-0.25, -0.2) is 0 Å². The molecule has 3 amide bonds. The normalized spacial score (nSPS) is 13.3. The zero-order valence-corrected chi connectivity index (χ0v) is 14.2. The van der Waals surface area contributed by atoms with E-state index >= 15 is 0 Å². The molecule has 2 atom stereocenters. The predicted octanol–water partition coefficient (Wildman–Crippen LogP) is 1.01. The van der Waals surface area contributed by atoms with Crippen LogP contribution in [0.2, 0.25) is 5.02 Å². The third-order valence-electron chi connectivity index (χ3n) is 3.30.